The van der Waals surface area contributed by atoms with Crippen LogP contribution in [-0.2, 0) is 22.7 Å². The predicted octanol–water partition coefficient (Wildman–Crippen LogP) is 1.68. The Morgan fingerprint density at radius 2 is 2.20 bits per heavy atom. The van der Waals surface area contributed by atoms with Gasteiger partial charge in [0.05, 0.1) is 20.3 Å². The van der Waals surface area contributed by atoms with Gasteiger partial charge < -0.3 is 9.47 Å². The van der Waals surface area contributed by atoms with Crippen molar-refractivity contribution in [2.24, 2.45) is 4.99 Å². The van der Waals surface area contributed by atoms with Crippen LogP contribution in [0, 0.1) is 0 Å². The topological polar surface area (TPSA) is 47.9 Å². The molecule has 0 N–H and O–H groups in total. The van der Waals surface area contributed by atoms with Crippen molar-refractivity contribution in [1.82, 2.24) is 0 Å². The molecule has 0 amide bonds. The van der Waals surface area contributed by atoms with Crippen LogP contribution in [0.15, 0.2) is 23.2 Å². The van der Waals surface area contributed by atoms with Gasteiger partial charge in [0.15, 0.2) is 0 Å². The maximum Gasteiger partial charge on any atom is 0.235 e. The molecule has 0 fully saturated rings. The summed E-state index contributed by atoms with van der Waals surface area (Å²) in [4.78, 5) is 13.6. The fraction of sp³-hybridized carbons (Fsp3) is 0.364. The molecular weight excluding hydrogens is 194 g/mol. The first-order chi connectivity index (χ1) is 7.33. The van der Waals surface area contributed by atoms with E-state index in [1.165, 1.54) is 6.08 Å². The van der Waals surface area contributed by atoms with Gasteiger partial charge in [0.2, 0.25) is 6.08 Å². The molecule has 0 aliphatic heterocycles. The van der Waals surface area contributed by atoms with Crippen molar-refractivity contribution in [3.05, 3.63) is 29.3 Å². The van der Waals surface area contributed by atoms with E-state index in [1.807, 2.05) is 18.2 Å². The molecule has 1 rings (SSSR count). The van der Waals surface area contributed by atoms with Gasteiger partial charge in [-0.2, -0.15) is 0 Å². The Hall–Kier alpha value is -1.64. The number of benzene rings is 1. The summed E-state index contributed by atoms with van der Waals surface area (Å²) in [5.41, 5.74) is 1.83. The first-order valence-electron chi connectivity index (χ1n) is 4.50. The molecule has 15 heavy (non-hydrogen) atoms. The largest absolute Gasteiger partial charge is 0.496 e. The van der Waals surface area contributed by atoms with E-state index in [9.17, 15) is 4.79 Å². The molecule has 0 heterocycles. The summed E-state index contributed by atoms with van der Waals surface area (Å²) in [6.07, 6.45) is 1.52. The Balaban J connectivity index is 3.06. The molecule has 0 atom stereocenters. The molecule has 4 nitrogen and oxygen atoms in total. The quantitative estimate of drug-likeness (QED) is 0.545. The maximum atomic E-state index is 10.0. The number of ether oxygens (including phenoxy) is 2. The molecule has 1 aromatic rings. The first kappa shape index (κ1) is 11.4. The van der Waals surface area contributed by atoms with E-state index in [4.69, 9.17) is 9.47 Å². The number of methoxy groups -OCH3 is 2. The average Bonchev–Trinajstić information content (AvgIpc) is 2.28. The Bertz CT molecular complexity index is 370. The minimum Gasteiger partial charge on any atom is -0.496 e. The van der Waals surface area contributed by atoms with Gasteiger partial charge in [-0.05, 0) is 11.6 Å². The Morgan fingerprint density at radius 3 is 2.80 bits per heavy atom. The van der Waals surface area contributed by atoms with Crippen LogP contribution < -0.4 is 4.74 Å². The third-order valence-corrected chi connectivity index (χ3v) is 2.05. The lowest BCUT2D eigenvalue weighted by Gasteiger charge is -2.11. The number of isocyanates is 1. The van der Waals surface area contributed by atoms with Gasteiger partial charge in [-0.1, -0.05) is 12.1 Å². The smallest absolute Gasteiger partial charge is 0.235 e. The summed E-state index contributed by atoms with van der Waals surface area (Å²) in [6.45, 7) is 0.743. The normalized spacial score (nSPS) is 9.47. The van der Waals surface area contributed by atoms with E-state index in [2.05, 4.69) is 4.99 Å². The number of nitrogens with zero attached hydrogens (tertiary/aromatic N) is 1. The monoisotopic (exact) mass is 207 g/mol. The summed E-state index contributed by atoms with van der Waals surface area (Å²) in [5.74, 6) is 0.746. The average molecular weight is 207 g/mol. The highest BCUT2D eigenvalue weighted by Gasteiger charge is 2.07. The molecule has 80 valence electrons. The van der Waals surface area contributed by atoms with Gasteiger partial charge in [0.25, 0.3) is 0 Å². The predicted molar refractivity (Wildman–Crippen MR) is 55.5 cm³/mol. The highest BCUT2D eigenvalue weighted by atomic mass is 16.5. The third kappa shape index (κ3) is 2.91. The molecular formula is C11H13NO3. The first-order valence-corrected chi connectivity index (χ1v) is 4.50. The molecule has 0 aliphatic rings. The number of rotatable bonds is 5. The van der Waals surface area contributed by atoms with E-state index in [1.54, 1.807) is 14.2 Å². The van der Waals surface area contributed by atoms with Crippen LogP contribution in [0.5, 0.6) is 5.75 Å². The Morgan fingerprint density at radius 1 is 1.40 bits per heavy atom. The van der Waals surface area contributed by atoms with Crippen LogP contribution in [0.2, 0.25) is 0 Å². The van der Waals surface area contributed by atoms with Crippen molar-refractivity contribution in [2.45, 2.75) is 13.2 Å². The van der Waals surface area contributed by atoms with Crippen LogP contribution in [0.25, 0.3) is 0 Å². The van der Waals surface area contributed by atoms with Gasteiger partial charge in [0, 0.05) is 12.7 Å². The van der Waals surface area contributed by atoms with Crippen LogP contribution in [0.1, 0.15) is 11.1 Å². The van der Waals surface area contributed by atoms with Gasteiger partial charge >= 0.3 is 0 Å². The molecule has 0 saturated heterocycles. The Labute approximate surface area is 88.5 Å². The highest BCUT2D eigenvalue weighted by molar-refractivity contribution is 5.41. The van der Waals surface area contributed by atoms with Gasteiger partial charge in [-0.25, -0.2) is 9.79 Å². The van der Waals surface area contributed by atoms with Crippen molar-refractivity contribution < 1.29 is 14.3 Å². The number of carbonyl (C=O) groups excluding carboxylic acids is 1. The van der Waals surface area contributed by atoms with Gasteiger partial charge in [0.1, 0.15) is 5.75 Å². The number of hydrogen-bond donors (Lipinski definition) is 0. The zero-order chi connectivity index (χ0) is 11.1. The summed E-state index contributed by atoms with van der Waals surface area (Å²) in [7, 11) is 3.21. The van der Waals surface area contributed by atoms with Crippen LogP contribution in [0.4, 0.5) is 0 Å². The third-order valence-electron chi connectivity index (χ3n) is 2.05. The van der Waals surface area contributed by atoms with Crippen LogP contribution in [0.3, 0.4) is 0 Å². The molecule has 0 bridgehead atoms. The fourth-order valence-corrected chi connectivity index (χ4v) is 1.38. The van der Waals surface area contributed by atoms with Crippen molar-refractivity contribution in [1.29, 1.82) is 0 Å². The molecule has 0 aromatic heterocycles. The second-order valence-corrected chi connectivity index (χ2v) is 2.94. The minimum absolute atomic E-state index is 0.305. The van der Waals surface area contributed by atoms with E-state index >= 15 is 0 Å². The highest BCUT2D eigenvalue weighted by Crippen LogP contribution is 2.23. The van der Waals surface area contributed by atoms with Crippen LogP contribution in [-0.4, -0.2) is 20.3 Å². The van der Waals surface area contributed by atoms with Crippen LogP contribution >= 0.6 is 0 Å². The summed E-state index contributed by atoms with van der Waals surface area (Å²) >= 11 is 0. The molecule has 0 unspecified atom stereocenters. The van der Waals surface area contributed by atoms with Crippen molar-refractivity contribution in [3.8, 4) is 5.75 Å². The fourth-order valence-electron chi connectivity index (χ4n) is 1.38. The number of aliphatic imine (C=N–C) groups is 1. The SMILES string of the molecule is COCc1c(CN=C=O)cccc1OC. The van der Waals surface area contributed by atoms with E-state index in [0.29, 0.717) is 13.2 Å². The van der Waals surface area contributed by atoms with Gasteiger partial charge in [-0.15, -0.1) is 0 Å². The van der Waals surface area contributed by atoms with Crippen molar-refractivity contribution in [3.63, 3.8) is 0 Å². The van der Waals surface area contributed by atoms with E-state index in [-0.39, 0.29) is 0 Å². The summed E-state index contributed by atoms with van der Waals surface area (Å²) in [5, 5.41) is 0. The summed E-state index contributed by atoms with van der Waals surface area (Å²) in [6, 6.07) is 5.59. The maximum absolute atomic E-state index is 10.0. The lowest BCUT2D eigenvalue weighted by atomic mass is 10.1. The standard InChI is InChI=1S/C11H13NO3/c1-14-7-10-9(6-12-8-13)4-3-5-11(10)15-2/h3-5H,6-7H2,1-2H3. The van der Waals surface area contributed by atoms with Crippen molar-refractivity contribution in [2.75, 3.05) is 14.2 Å². The Kier molecular flexibility index (Phi) is 4.54. The molecule has 0 saturated carbocycles. The lowest BCUT2D eigenvalue weighted by molar-refractivity contribution is 0.181. The number of hydrogen-bond acceptors (Lipinski definition) is 4. The lowest BCUT2D eigenvalue weighted by Crippen LogP contribution is -1.99. The molecule has 0 radical (unpaired) electrons. The molecule has 1 aromatic carbocycles. The zero-order valence-electron chi connectivity index (χ0n) is 8.82. The zero-order valence-corrected chi connectivity index (χ0v) is 8.82. The van der Waals surface area contributed by atoms with E-state index in [0.717, 1.165) is 16.9 Å². The van der Waals surface area contributed by atoms with E-state index < -0.39 is 0 Å². The van der Waals surface area contributed by atoms with Gasteiger partial charge in [-0.3, -0.25) is 0 Å². The summed E-state index contributed by atoms with van der Waals surface area (Å²) < 4.78 is 10.3. The molecule has 0 aliphatic carbocycles. The minimum atomic E-state index is 0.305. The van der Waals surface area contributed by atoms with Crippen molar-refractivity contribution >= 4 is 6.08 Å². The second-order valence-electron chi connectivity index (χ2n) is 2.94. The second kappa shape index (κ2) is 5.96. The molecule has 0 spiro atoms. The molecule has 4 heteroatoms.